The molecule has 0 spiro atoms. The van der Waals surface area contributed by atoms with Crippen molar-refractivity contribution in [2.75, 3.05) is 5.32 Å². The summed E-state index contributed by atoms with van der Waals surface area (Å²) < 4.78 is 25.2. The molecule has 0 saturated heterocycles. The molecule has 3 aromatic carbocycles. The van der Waals surface area contributed by atoms with Crippen molar-refractivity contribution in [3.05, 3.63) is 88.7 Å². The van der Waals surface area contributed by atoms with Crippen LogP contribution in [-0.2, 0) is 6.61 Å². The number of anilines is 1. The van der Waals surface area contributed by atoms with E-state index in [1.165, 1.54) is 12.1 Å². The third kappa shape index (κ3) is 5.91. The molecule has 0 radical (unpaired) electrons. The van der Waals surface area contributed by atoms with Crippen LogP contribution in [0.2, 0.25) is 0 Å². The Labute approximate surface area is 205 Å². The van der Waals surface area contributed by atoms with Crippen molar-refractivity contribution in [2.24, 2.45) is 5.10 Å². The number of hydrazone groups is 1. The number of halogens is 1. The molecule has 0 saturated carbocycles. The fourth-order valence-corrected chi connectivity index (χ4v) is 3.89. The van der Waals surface area contributed by atoms with Gasteiger partial charge in [0, 0.05) is 17.7 Å². The summed E-state index contributed by atoms with van der Waals surface area (Å²) in [5.74, 6) is 1.14. The van der Waals surface area contributed by atoms with Crippen LogP contribution >= 0.6 is 12.2 Å². The minimum atomic E-state index is -0.411. The number of nitrogens with one attached hydrogen (secondary N) is 2. The first-order valence-electron chi connectivity index (χ1n) is 11.1. The molecule has 7 heteroatoms. The Morgan fingerprint density at radius 2 is 1.85 bits per heavy atom. The Morgan fingerprint density at radius 3 is 2.62 bits per heavy atom. The number of hydrogen-bond donors (Lipinski definition) is 2. The van der Waals surface area contributed by atoms with Crippen molar-refractivity contribution >= 4 is 28.7 Å². The summed E-state index contributed by atoms with van der Waals surface area (Å²) >= 11 is 5.48. The normalized spacial score (nSPS) is 15.3. The van der Waals surface area contributed by atoms with Crippen molar-refractivity contribution in [2.45, 2.75) is 46.3 Å². The molecule has 4 rings (SSSR count). The summed E-state index contributed by atoms with van der Waals surface area (Å²) in [5, 5.41) is 8.26. The highest BCUT2D eigenvalue weighted by atomic mass is 32.1. The van der Waals surface area contributed by atoms with Crippen molar-refractivity contribution < 1.29 is 13.9 Å². The first kappa shape index (κ1) is 23.7. The summed E-state index contributed by atoms with van der Waals surface area (Å²) in [6, 6.07) is 18.1. The van der Waals surface area contributed by atoms with Gasteiger partial charge in [0.1, 0.15) is 29.5 Å². The van der Waals surface area contributed by atoms with Gasteiger partial charge in [-0.05, 0) is 93.0 Å². The number of fused-ring (bicyclic) bond motifs is 1. The Morgan fingerprint density at radius 1 is 1.09 bits per heavy atom. The van der Waals surface area contributed by atoms with Gasteiger partial charge in [-0.25, -0.2) is 4.39 Å². The first-order valence-corrected chi connectivity index (χ1v) is 11.5. The molecular weight excluding hydrogens is 449 g/mol. The van der Waals surface area contributed by atoms with Crippen LogP contribution in [-0.4, -0.2) is 16.4 Å². The quantitative estimate of drug-likeness (QED) is 0.335. The third-order valence-corrected chi connectivity index (χ3v) is 5.69. The summed E-state index contributed by atoms with van der Waals surface area (Å²) in [6.07, 6.45) is 0.598. The molecule has 1 heterocycles. The fraction of sp³-hybridized carbons (Fsp3) is 0.259. The highest BCUT2D eigenvalue weighted by Crippen LogP contribution is 2.35. The van der Waals surface area contributed by atoms with Crippen molar-refractivity contribution in [1.82, 2.24) is 5.43 Å². The Bertz CT molecular complexity index is 1240. The lowest BCUT2D eigenvalue weighted by molar-refractivity contribution is 0.111. The van der Waals surface area contributed by atoms with Crippen LogP contribution in [0.15, 0.2) is 65.8 Å². The molecule has 0 aromatic heterocycles. The van der Waals surface area contributed by atoms with Gasteiger partial charge in [-0.15, -0.1) is 0 Å². The maximum atomic E-state index is 13.1. The van der Waals surface area contributed by atoms with Crippen LogP contribution in [0, 0.1) is 19.7 Å². The number of benzene rings is 3. The zero-order chi connectivity index (χ0) is 24.3. The molecular formula is C27H28FN3O2S. The van der Waals surface area contributed by atoms with E-state index >= 15 is 0 Å². The Balaban J connectivity index is 1.51. The van der Waals surface area contributed by atoms with Crippen LogP contribution in [0.1, 0.15) is 42.5 Å². The Kier molecular flexibility index (Phi) is 6.84. The van der Waals surface area contributed by atoms with Crippen molar-refractivity contribution in [3.8, 4) is 11.5 Å². The average molecular weight is 478 g/mol. The van der Waals surface area contributed by atoms with Crippen LogP contribution in [0.5, 0.6) is 11.5 Å². The monoisotopic (exact) mass is 477 g/mol. The first-order chi connectivity index (χ1) is 16.2. The second kappa shape index (κ2) is 9.81. The minimum absolute atomic E-state index is 0.268. The van der Waals surface area contributed by atoms with Gasteiger partial charge in [-0.2, -0.15) is 5.10 Å². The van der Waals surface area contributed by atoms with Gasteiger partial charge in [0.05, 0.1) is 5.71 Å². The predicted molar refractivity (Wildman–Crippen MR) is 138 cm³/mol. The van der Waals surface area contributed by atoms with Gasteiger partial charge in [-0.3, -0.25) is 5.43 Å². The molecule has 1 aliphatic heterocycles. The smallest absolute Gasteiger partial charge is 0.191 e. The number of hydrogen-bond acceptors (Lipinski definition) is 4. The van der Waals surface area contributed by atoms with Gasteiger partial charge in [-0.1, -0.05) is 24.3 Å². The van der Waals surface area contributed by atoms with E-state index in [4.69, 9.17) is 21.7 Å². The molecule has 0 atom stereocenters. The van der Waals surface area contributed by atoms with Gasteiger partial charge >= 0.3 is 0 Å². The lowest BCUT2D eigenvalue weighted by Gasteiger charge is -2.33. The summed E-state index contributed by atoms with van der Waals surface area (Å²) in [7, 11) is 0. The van der Waals surface area contributed by atoms with E-state index in [0.29, 0.717) is 23.9 Å². The molecule has 0 aliphatic carbocycles. The standard InChI is InChI=1S/C27H28FN3O2S/c1-17-5-6-18(2)23(13-17)29-26(34)31-30-24-15-27(3,4)33-25-12-11-21(14-22(24)25)32-16-19-7-9-20(28)10-8-19/h5-14H,15-16H2,1-4H3,(H2,29,31,34)/b30-24+. The van der Waals surface area contributed by atoms with Crippen molar-refractivity contribution in [1.29, 1.82) is 0 Å². The van der Waals surface area contributed by atoms with E-state index in [1.54, 1.807) is 12.1 Å². The van der Waals surface area contributed by atoms with E-state index in [9.17, 15) is 4.39 Å². The SMILES string of the molecule is Cc1ccc(C)c(NC(=S)N/N=C2\CC(C)(C)Oc3ccc(OCc4ccc(F)cc4)cc32)c1. The summed E-state index contributed by atoms with van der Waals surface area (Å²) in [6.45, 7) is 8.45. The summed E-state index contributed by atoms with van der Waals surface area (Å²) in [5.41, 5.74) is 8.32. The maximum Gasteiger partial charge on any atom is 0.191 e. The largest absolute Gasteiger partial charge is 0.489 e. The Hall–Kier alpha value is -3.45. The molecule has 0 amide bonds. The minimum Gasteiger partial charge on any atom is -0.489 e. The van der Waals surface area contributed by atoms with E-state index in [1.807, 2.05) is 52.0 Å². The molecule has 0 fully saturated rings. The maximum absolute atomic E-state index is 13.1. The lowest BCUT2D eigenvalue weighted by Crippen LogP contribution is -2.37. The van der Waals surface area contributed by atoms with Gasteiger partial charge < -0.3 is 14.8 Å². The predicted octanol–water partition coefficient (Wildman–Crippen LogP) is 6.27. The molecule has 0 unspecified atom stereocenters. The van der Waals surface area contributed by atoms with Gasteiger partial charge in [0.25, 0.3) is 0 Å². The van der Waals surface area contributed by atoms with E-state index in [0.717, 1.165) is 39.4 Å². The molecule has 2 N–H and O–H groups in total. The molecule has 3 aromatic rings. The highest BCUT2D eigenvalue weighted by Gasteiger charge is 2.31. The van der Waals surface area contributed by atoms with Crippen LogP contribution in [0.3, 0.4) is 0 Å². The van der Waals surface area contributed by atoms with Gasteiger partial charge in [0.15, 0.2) is 5.11 Å². The number of thiocarbonyl (C=S) groups is 1. The van der Waals surface area contributed by atoms with Crippen LogP contribution < -0.4 is 20.2 Å². The van der Waals surface area contributed by atoms with Gasteiger partial charge in [0.2, 0.25) is 0 Å². The molecule has 0 bridgehead atoms. The molecule has 176 valence electrons. The van der Waals surface area contributed by atoms with Crippen molar-refractivity contribution in [3.63, 3.8) is 0 Å². The zero-order valence-electron chi connectivity index (χ0n) is 19.7. The second-order valence-electron chi connectivity index (χ2n) is 9.05. The molecule has 34 heavy (non-hydrogen) atoms. The topological polar surface area (TPSA) is 54.9 Å². The zero-order valence-corrected chi connectivity index (χ0v) is 20.6. The number of aryl methyl sites for hydroxylation is 2. The fourth-order valence-electron chi connectivity index (χ4n) is 3.73. The highest BCUT2D eigenvalue weighted by molar-refractivity contribution is 7.80. The molecule has 1 aliphatic rings. The van der Waals surface area contributed by atoms with E-state index in [2.05, 4.69) is 28.0 Å². The molecule has 5 nitrogen and oxygen atoms in total. The number of rotatable bonds is 5. The lowest BCUT2D eigenvalue weighted by atomic mass is 9.92. The second-order valence-corrected chi connectivity index (χ2v) is 9.46. The number of ether oxygens (including phenoxy) is 2. The third-order valence-electron chi connectivity index (χ3n) is 5.49. The van der Waals surface area contributed by atoms with E-state index in [-0.39, 0.29) is 5.82 Å². The number of nitrogens with zero attached hydrogens (tertiary/aromatic N) is 1. The average Bonchev–Trinajstić information content (AvgIpc) is 2.79. The van der Waals surface area contributed by atoms with Crippen LogP contribution in [0.25, 0.3) is 0 Å². The van der Waals surface area contributed by atoms with E-state index < -0.39 is 5.60 Å². The van der Waals surface area contributed by atoms with Crippen LogP contribution in [0.4, 0.5) is 10.1 Å². The summed E-state index contributed by atoms with van der Waals surface area (Å²) in [4.78, 5) is 0.